The molecule has 122 valence electrons. The van der Waals surface area contributed by atoms with Gasteiger partial charge in [-0.2, -0.15) is 0 Å². The van der Waals surface area contributed by atoms with Gasteiger partial charge < -0.3 is 10.2 Å². The Morgan fingerprint density at radius 1 is 1.36 bits per heavy atom. The van der Waals surface area contributed by atoms with Crippen molar-refractivity contribution in [2.45, 2.75) is 39.2 Å². The third-order valence-corrected chi connectivity index (χ3v) is 5.05. The summed E-state index contributed by atoms with van der Waals surface area (Å²) in [6.07, 6.45) is 3.15. The second-order valence-corrected chi connectivity index (χ2v) is 6.75. The van der Waals surface area contributed by atoms with Crippen LogP contribution in [0.5, 0.6) is 0 Å². The van der Waals surface area contributed by atoms with E-state index in [1.54, 1.807) is 18.2 Å². The maximum atomic E-state index is 13.0. The van der Waals surface area contributed by atoms with E-state index in [9.17, 15) is 4.79 Å². The number of benzene rings is 1. The molecule has 0 spiro atoms. The van der Waals surface area contributed by atoms with E-state index in [-0.39, 0.29) is 11.9 Å². The number of hydrogen-bond donors (Lipinski definition) is 1. The lowest BCUT2D eigenvalue weighted by Crippen LogP contribution is -2.44. The van der Waals surface area contributed by atoms with Crippen LogP contribution in [0, 0.1) is 5.92 Å². The summed E-state index contributed by atoms with van der Waals surface area (Å²) in [5.74, 6) is 0.540. The molecule has 5 heteroatoms. The van der Waals surface area contributed by atoms with Crippen molar-refractivity contribution in [2.75, 3.05) is 19.6 Å². The minimum atomic E-state index is 0.0160. The molecule has 3 nitrogen and oxygen atoms in total. The van der Waals surface area contributed by atoms with E-state index < -0.39 is 0 Å². The van der Waals surface area contributed by atoms with E-state index in [0.29, 0.717) is 21.5 Å². The maximum Gasteiger partial charge on any atom is 0.255 e. The van der Waals surface area contributed by atoms with Crippen molar-refractivity contribution in [3.8, 4) is 0 Å². The number of amides is 1. The first-order valence-corrected chi connectivity index (χ1v) is 8.79. The van der Waals surface area contributed by atoms with Crippen LogP contribution in [-0.4, -0.2) is 36.5 Å². The van der Waals surface area contributed by atoms with Gasteiger partial charge in [0.25, 0.3) is 5.91 Å². The molecule has 0 radical (unpaired) electrons. The Morgan fingerprint density at radius 3 is 2.64 bits per heavy atom. The van der Waals surface area contributed by atoms with Crippen LogP contribution in [-0.2, 0) is 0 Å². The van der Waals surface area contributed by atoms with Crippen molar-refractivity contribution in [1.82, 2.24) is 10.2 Å². The molecule has 1 aliphatic heterocycles. The summed E-state index contributed by atoms with van der Waals surface area (Å²) in [4.78, 5) is 15.0. The van der Waals surface area contributed by atoms with Crippen LogP contribution in [0.25, 0.3) is 0 Å². The van der Waals surface area contributed by atoms with Crippen LogP contribution in [0.2, 0.25) is 10.0 Å². The topological polar surface area (TPSA) is 32.3 Å². The van der Waals surface area contributed by atoms with Crippen LogP contribution in [0.4, 0.5) is 0 Å². The zero-order valence-electron chi connectivity index (χ0n) is 13.2. The molecule has 0 aliphatic carbocycles. The molecule has 0 saturated carbocycles. The Hall–Kier alpha value is -0.770. The van der Waals surface area contributed by atoms with Gasteiger partial charge in [0.1, 0.15) is 0 Å². The number of carbonyl (C=O) groups is 1. The van der Waals surface area contributed by atoms with Gasteiger partial charge in [-0.15, -0.1) is 0 Å². The quantitative estimate of drug-likeness (QED) is 0.838. The van der Waals surface area contributed by atoms with E-state index in [0.717, 1.165) is 38.9 Å². The Bertz CT molecular complexity index is 511. The lowest BCUT2D eigenvalue weighted by molar-refractivity contribution is 0.0653. The molecule has 0 bridgehead atoms. The smallest absolute Gasteiger partial charge is 0.255 e. The van der Waals surface area contributed by atoms with Crippen LogP contribution < -0.4 is 5.32 Å². The van der Waals surface area contributed by atoms with Gasteiger partial charge in [0, 0.05) is 24.2 Å². The first kappa shape index (κ1) is 17.6. The molecule has 2 rings (SSSR count). The summed E-state index contributed by atoms with van der Waals surface area (Å²) >= 11 is 12.2. The molecule has 1 N–H and O–H groups in total. The van der Waals surface area contributed by atoms with Gasteiger partial charge in [-0.1, -0.05) is 49.9 Å². The second-order valence-electron chi connectivity index (χ2n) is 5.91. The molecule has 1 atom stereocenters. The zero-order valence-corrected chi connectivity index (χ0v) is 14.8. The molecule has 0 aromatic heterocycles. The normalized spacial score (nSPS) is 18.0. The van der Waals surface area contributed by atoms with Crippen molar-refractivity contribution in [3.05, 3.63) is 33.8 Å². The predicted octanol–water partition coefficient (Wildman–Crippen LogP) is 4.23. The highest BCUT2D eigenvalue weighted by Crippen LogP contribution is 2.25. The highest BCUT2D eigenvalue weighted by atomic mass is 35.5. The lowest BCUT2D eigenvalue weighted by Gasteiger charge is -2.32. The zero-order chi connectivity index (χ0) is 16.1. The standard InChI is InChI=1S/C17H24Cl2N2O/c1-3-12(4-2)11-21(14-7-8-20-10-14)17(22)15-6-5-13(18)9-16(15)19/h5-6,9,12,14,20H,3-4,7-8,10-11H2,1-2H3. The van der Waals surface area contributed by atoms with Gasteiger partial charge in [0.2, 0.25) is 0 Å². The van der Waals surface area contributed by atoms with Crippen molar-refractivity contribution in [3.63, 3.8) is 0 Å². The number of hydrogen-bond acceptors (Lipinski definition) is 2. The summed E-state index contributed by atoms with van der Waals surface area (Å²) in [6.45, 7) is 6.97. The molecule has 1 aliphatic rings. The summed E-state index contributed by atoms with van der Waals surface area (Å²) in [7, 11) is 0. The average Bonchev–Trinajstić information content (AvgIpc) is 3.02. The summed E-state index contributed by atoms with van der Waals surface area (Å²) in [5, 5.41) is 4.32. The maximum absolute atomic E-state index is 13.0. The van der Waals surface area contributed by atoms with Gasteiger partial charge in [-0.3, -0.25) is 4.79 Å². The lowest BCUT2D eigenvalue weighted by atomic mass is 10.0. The summed E-state index contributed by atoms with van der Waals surface area (Å²) < 4.78 is 0. The molecule has 1 unspecified atom stereocenters. The van der Waals surface area contributed by atoms with Crippen molar-refractivity contribution < 1.29 is 4.79 Å². The Labute approximate surface area is 143 Å². The minimum Gasteiger partial charge on any atom is -0.334 e. The van der Waals surface area contributed by atoms with Gasteiger partial charge in [0.15, 0.2) is 0 Å². The third kappa shape index (κ3) is 4.15. The van der Waals surface area contributed by atoms with Gasteiger partial charge in [0.05, 0.1) is 10.6 Å². The molecule has 1 heterocycles. The number of nitrogens with one attached hydrogen (secondary N) is 1. The number of carbonyl (C=O) groups excluding carboxylic acids is 1. The molecular formula is C17H24Cl2N2O. The fraction of sp³-hybridized carbons (Fsp3) is 0.588. The van der Waals surface area contributed by atoms with Crippen LogP contribution >= 0.6 is 23.2 Å². The van der Waals surface area contributed by atoms with Crippen LogP contribution in [0.3, 0.4) is 0 Å². The molecule has 1 aromatic carbocycles. The second kappa shape index (κ2) is 8.19. The average molecular weight is 343 g/mol. The molecule has 1 amide bonds. The third-order valence-electron chi connectivity index (χ3n) is 4.51. The van der Waals surface area contributed by atoms with Crippen LogP contribution in [0.15, 0.2) is 18.2 Å². The number of nitrogens with zero attached hydrogens (tertiary/aromatic N) is 1. The van der Waals surface area contributed by atoms with Gasteiger partial charge >= 0.3 is 0 Å². The van der Waals surface area contributed by atoms with E-state index in [1.807, 2.05) is 4.90 Å². The Balaban J connectivity index is 2.24. The van der Waals surface area contributed by atoms with Crippen LogP contribution in [0.1, 0.15) is 43.5 Å². The number of rotatable bonds is 6. The summed E-state index contributed by atoms with van der Waals surface area (Å²) in [6, 6.07) is 5.34. The van der Waals surface area contributed by atoms with Crippen molar-refractivity contribution >= 4 is 29.1 Å². The number of halogens is 2. The van der Waals surface area contributed by atoms with Gasteiger partial charge in [-0.25, -0.2) is 0 Å². The van der Waals surface area contributed by atoms with Crippen molar-refractivity contribution in [2.24, 2.45) is 5.92 Å². The SMILES string of the molecule is CCC(CC)CN(C(=O)c1ccc(Cl)cc1Cl)C1CCNC1. The molecule has 1 aromatic rings. The molecule has 1 fully saturated rings. The van der Waals surface area contributed by atoms with E-state index >= 15 is 0 Å². The Morgan fingerprint density at radius 2 is 2.09 bits per heavy atom. The molecule has 1 saturated heterocycles. The molecule has 22 heavy (non-hydrogen) atoms. The Kier molecular flexibility index (Phi) is 6.54. The van der Waals surface area contributed by atoms with E-state index in [2.05, 4.69) is 19.2 Å². The largest absolute Gasteiger partial charge is 0.334 e. The van der Waals surface area contributed by atoms with E-state index in [1.165, 1.54) is 0 Å². The fourth-order valence-corrected chi connectivity index (χ4v) is 3.44. The monoisotopic (exact) mass is 342 g/mol. The van der Waals surface area contributed by atoms with Crippen molar-refractivity contribution in [1.29, 1.82) is 0 Å². The highest BCUT2D eigenvalue weighted by Gasteiger charge is 2.29. The molecular weight excluding hydrogens is 319 g/mol. The minimum absolute atomic E-state index is 0.0160. The first-order chi connectivity index (χ1) is 10.6. The first-order valence-electron chi connectivity index (χ1n) is 8.03. The van der Waals surface area contributed by atoms with Gasteiger partial charge in [-0.05, 0) is 37.1 Å². The fourth-order valence-electron chi connectivity index (χ4n) is 2.95. The predicted molar refractivity (Wildman–Crippen MR) is 92.8 cm³/mol. The highest BCUT2D eigenvalue weighted by molar-refractivity contribution is 6.36. The van der Waals surface area contributed by atoms with E-state index in [4.69, 9.17) is 23.2 Å². The summed E-state index contributed by atoms with van der Waals surface area (Å²) in [5.41, 5.74) is 0.545.